The molecule has 118 valence electrons. The van der Waals surface area contributed by atoms with Crippen molar-refractivity contribution < 1.29 is 17.6 Å². The van der Waals surface area contributed by atoms with Crippen LogP contribution in [-0.4, -0.2) is 26.1 Å². The molecule has 1 heterocycles. The average Bonchev–Trinajstić information content (AvgIpc) is 2.88. The van der Waals surface area contributed by atoms with Gasteiger partial charge in [0.1, 0.15) is 5.82 Å². The van der Waals surface area contributed by atoms with Gasteiger partial charge in [-0.25, -0.2) is 12.8 Å². The third-order valence-electron chi connectivity index (χ3n) is 3.57. The highest BCUT2D eigenvalue weighted by atomic mass is 32.2. The van der Waals surface area contributed by atoms with E-state index in [1.807, 2.05) is 0 Å². The SMILES string of the molecule is O=C(c1cccc(F)c1)N(c1ccccc1)C1C=CS(=O)(=O)C1. The molecule has 0 aromatic heterocycles. The van der Waals surface area contributed by atoms with E-state index in [9.17, 15) is 17.6 Å². The molecule has 4 nitrogen and oxygen atoms in total. The van der Waals surface area contributed by atoms with Crippen LogP contribution in [0.1, 0.15) is 10.4 Å². The summed E-state index contributed by atoms with van der Waals surface area (Å²) in [6.07, 6.45) is 1.49. The van der Waals surface area contributed by atoms with E-state index >= 15 is 0 Å². The molecule has 23 heavy (non-hydrogen) atoms. The predicted molar refractivity (Wildman–Crippen MR) is 86.4 cm³/mol. The fraction of sp³-hybridized carbons (Fsp3) is 0.118. The Morgan fingerprint density at radius 1 is 1.09 bits per heavy atom. The maximum atomic E-state index is 13.4. The number of amides is 1. The highest BCUT2D eigenvalue weighted by molar-refractivity contribution is 7.94. The first-order chi connectivity index (χ1) is 11.0. The molecule has 0 saturated heterocycles. The van der Waals surface area contributed by atoms with Crippen LogP contribution < -0.4 is 4.90 Å². The van der Waals surface area contributed by atoms with Crippen molar-refractivity contribution in [3.8, 4) is 0 Å². The van der Waals surface area contributed by atoms with E-state index in [4.69, 9.17) is 0 Å². The zero-order valence-corrected chi connectivity index (χ0v) is 12.9. The molecule has 1 aliphatic rings. The molecule has 2 aromatic rings. The van der Waals surface area contributed by atoms with Crippen LogP contribution in [0.4, 0.5) is 10.1 Å². The van der Waals surface area contributed by atoms with E-state index in [1.165, 1.54) is 29.2 Å². The Balaban J connectivity index is 2.02. The van der Waals surface area contributed by atoms with Gasteiger partial charge in [-0.1, -0.05) is 24.3 Å². The molecule has 1 aliphatic heterocycles. The minimum absolute atomic E-state index is 0.173. The zero-order valence-electron chi connectivity index (χ0n) is 12.1. The molecule has 0 saturated carbocycles. The molecule has 0 fully saturated rings. The lowest BCUT2D eigenvalue weighted by atomic mass is 10.1. The summed E-state index contributed by atoms with van der Waals surface area (Å²) in [5.41, 5.74) is 0.736. The monoisotopic (exact) mass is 331 g/mol. The van der Waals surface area contributed by atoms with Gasteiger partial charge in [0.15, 0.2) is 9.84 Å². The maximum Gasteiger partial charge on any atom is 0.258 e. The molecular weight excluding hydrogens is 317 g/mol. The molecule has 0 radical (unpaired) electrons. The molecule has 2 aromatic carbocycles. The van der Waals surface area contributed by atoms with Crippen LogP contribution >= 0.6 is 0 Å². The number of halogens is 1. The minimum Gasteiger partial charge on any atom is -0.300 e. The molecule has 6 heteroatoms. The number of nitrogens with zero attached hydrogens (tertiary/aromatic N) is 1. The van der Waals surface area contributed by atoms with Crippen molar-refractivity contribution in [3.05, 3.63) is 77.5 Å². The Hall–Kier alpha value is -2.47. The fourth-order valence-electron chi connectivity index (χ4n) is 2.53. The lowest BCUT2D eigenvalue weighted by Crippen LogP contribution is -2.41. The van der Waals surface area contributed by atoms with Crippen LogP contribution in [0.25, 0.3) is 0 Å². The molecular formula is C17H14FNO3S. The van der Waals surface area contributed by atoms with Gasteiger partial charge in [0.25, 0.3) is 5.91 Å². The van der Waals surface area contributed by atoms with Gasteiger partial charge in [0.2, 0.25) is 0 Å². The number of carbonyl (C=O) groups excluding carboxylic acids is 1. The van der Waals surface area contributed by atoms with Crippen molar-refractivity contribution in [2.75, 3.05) is 10.7 Å². The van der Waals surface area contributed by atoms with Crippen molar-refractivity contribution >= 4 is 21.4 Å². The molecule has 3 rings (SSSR count). The van der Waals surface area contributed by atoms with Gasteiger partial charge in [0.05, 0.1) is 11.8 Å². The molecule has 0 spiro atoms. The van der Waals surface area contributed by atoms with E-state index in [2.05, 4.69) is 0 Å². The third kappa shape index (κ3) is 3.32. The summed E-state index contributed by atoms with van der Waals surface area (Å²) in [4.78, 5) is 14.2. The molecule has 1 unspecified atom stereocenters. The Morgan fingerprint density at radius 2 is 1.83 bits per heavy atom. The summed E-state index contributed by atoms with van der Waals surface area (Å²) < 4.78 is 36.8. The van der Waals surface area contributed by atoms with Gasteiger partial charge < -0.3 is 4.90 Å². The summed E-state index contributed by atoms with van der Waals surface area (Å²) in [6, 6.07) is 13.5. The second-order valence-corrected chi connectivity index (χ2v) is 7.18. The molecule has 1 atom stereocenters. The number of carbonyl (C=O) groups is 1. The largest absolute Gasteiger partial charge is 0.300 e. The van der Waals surface area contributed by atoms with Crippen LogP contribution in [0.3, 0.4) is 0 Å². The van der Waals surface area contributed by atoms with Gasteiger partial charge in [-0.3, -0.25) is 4.79 Å². The summed E-state index contributed by atoms with van der Waals surface area (Å²) in [5, 5.41) is 1.12. The van der Waals surface area contributed by atoms with Gasteiger partial charge in [-0.15, -0.1) is 0 Å². The van der Waals surface area contributed by atoms with Gasteiger partial charge in [-0.05, 0) is 36.4 Å². The van der Waals surface area contributed by atoms with Crippen LogP contribution in [0.2, 0.25) is 0 Å². The topological polar surface area (TPSA) is 54.5 Å². The Morgan fingerprint density at radius 3 is 2.43 bits per heavy atom. The predicted octanol–water partition coefficient (Wildman–Crippen LogP) is 2.78. The van der Waals surface area contributed by atoms with Crippen LogP contribution in [0, 0.1) is 5.82 Å². The van der Waals surface area contributed by atoms with Gasteiger partial charge in [0, 0.05) is 16.7 Å². The lowest BCUT2D eigenvalue weighted by molar-refractivity contribution is 0.0982. The Bertz CT molecular complexity index is 862. The van der Waals surface area contributed by atoms with Crippen LogP contribution in [-0.2, 0) is 9.84 Å². The highest BCUT2D eigenvalue weighted by Crippen LogP contribution is 2.25. The van der Waals surface area contributed by atoms with Crippen molar-refractivity contribution in [2.24, 2.45) is 0 Å². The van der Waals surface area contributed by atoms with E-state index in [1.54, 1.807) is 30.3 Å². The van der Waals surface area contributed by atoms with Gasteiger partial charge >= 0.3 is 0 Å². The second-order valence-electron chi connectivity index (χ2n) is 5.25. The quantitative estimate of drug-likeness (QED) is 0.869. The first-order valence-electron chi connectivity index (χ1n) is 7.01. The van der Waals surface area contributed by atoms with E-state index in [0.29, 0.717) is 5.69 Å². The molecule has 0 bridgehead atoms. The van der Waals surface area contributed by atoms with Crippen LogP contribution in [0.15, 0.2) is 66.1 Å². The Kier molecular flexibility index (Phi) is 4.00. The van der Waals surface area contributed by atoms with E-state index < -0.39 is 27.6 Å². The minimum atomic E-state index is -3.32. The zero-order chi connectivity index (χ0) is 16.4. The van der Waals surface area contributed by atoms with Gasteiger partial charge in [-0.2, -0.15) is 0 Å². The number of benzene rings is 2. The van der Waals surface area contributed by atoms with Crippen molar-refractivity contribution in [1.29, 1.82) is 0 Å². The van der Waals surface area contributed by atoms with Crippen molar-refractivity contribution in [3.63, 3.8) is 0 Å². The third-order valence-corrected chi connectivity index (χ3v) is 4.95. The summed E-state index contributed by atoms with van der Waals surface area (Å²) >= 11 is 0. The highest BCUT2D eigenvalue weighted by Gasteiger charge is 2.32. The smallest absolute Gasteiger partial charge is 0.258 e. The van der Waals surface area contributed by atoms with E-state index in [0.717, 1.165) is 11.5 Å². The maximum absolute atomic E-state index is 13.4. The normalized spacial score (nSPS) is 18.7. The molecule has 1 amide bonds. The second kappa shape index (κ2) is 5.96. The average molecular weight is 331 g/mol. The first kappa shape index (κ1) is 15.4. The number of para-hydroxylation sites is 1. The summed E-state index contributed by atoms with van der Waals surface area (Å²) in [5.74, 6) is -1.14. The Labute approximate surface area is 133 Å². The number of sulfone groups is 1. The van der Waals surface area contributed by atoms with Crippen LogP contribution in [0.5, 0.6) is 0 Å². The number of rotatable bonds is 3. The number of hydrogen-bond acceptors (Lipinski definition) is 3. The summed E-state index contributed by atoms with van der Waals surface area (Å²) in [7, 11) is -3.32. The number of hydrogen-bond donors (Lipinski definition) is 0. The molecule has 0 aliphatic carbocycles. The van der Waals surface area contributed by atoms with Crippen molar-refractivity contribution in [2.45, 2.75) is 6.04 Å². The lowest BCUT2D eigenvalue weighted by Gasteiger charge is -2.27. The van der Waals surface area contributed by atoms with Crippen molar-refractivity contribution in [1.82, 2.24) is 0 Å². The molecule has 0 N–H and O–H groups in total. The number of anilines is 1. The van der Waals surface area contributed by atoms with E-state index in [-0.39, 0.29) is 11.3 Å². The summed E-state index contributed by atoms with van der Waals surface area (Å²) in [6.45, 7) is 0. The fourth-order valence-corrected chi connectivity index (χ4v) is 3.80. The first-order valence-corrected chi connectivity index (χ1v) is 8.73. The standard InChI is InChI=1S/C17H14FNO3S/c18-14-6-4-5-13(11-14)17(20)19(15-7-2-1-3-8-15)16-9-10-23(21,22)12-16/h1-11,16H,12H2.